The molecule has 5 rings (SSSR count). The Bertz CT molecular complexity index is 1080. The molecule has 4 heteroatoms. The van der Waals surface area contributed by atoms with Crippen LogP contribution < -0.4 is 4.90 Å². The fourth-order valence-corrected chi connectivity index (χ4v) is 5.78. The van der Waals surface area contributed by atoms with E-state index in [2.05, 4.69) is 0 Å². The van der Waals surface area contributed by atoms with Crippen molar-refractivity contribution in [3.8, 4) is 0 Å². The third-order valence-corrected chi connectivity index (χ3v) is 7.08. The first-order valence-electron chi connectivity index (χ1n) is 9.37. The van der Waals surface area contributed by atoms with E-state index in [4.69, 9.17) is 0 Å². The lowest BCUT2D eigenvalue weighted by Crippen LogP contribution is -2.39. The minimum atomic E-state index is -0.828. The Hall–Kier alpha value is -2.85. The third kappa shape index (κ3) is 2.45. The van der Waals surface area contributed by atoms with Crippen LogP contribution in [0.4, 0.5) is 5.69 Å². The van der Waals surface area contributed by atoms with Crippen LogP contribution in [0.2, 0.25) is 0 Å². The number of thioether (sulfide) groups is 1. The van der Waals surface area contributed by atoms with E-state index in [1.807, 2.05) is 85.8 Å². The molecule has 0 spiro atoms. The fourth-order valence-electron chi connectivity index (χ4n) is 4.34. The number of anilines is 1. The predicted octanol–water partition coefficient (Wildman–Crippen LogP) is 4.74. The number of carbonyl (C=O) groups excluding carboxylic acids is 2. The summed E-state index contributed by atoms with van der Waals surface area (Å²) in [5.74, 6) is -0.695. The molecule has 3 aromatic rings. The van der Waals surface area contributed by atoms with Gasteiger partial charge in [0.1, 0.15) is 4.75 Å². The SMILES string of the molecule is Cc1ccc(S[C@@]23Cc4ccccc4[C@@H]2C(=O)N(c2ccccc2)C3=O)cc1. The van der Waals surface area contributed by atoms with Crippen LogP contribution in [-0.2, 0) is 16.0 Å². The van der Waals surface area contributed by atoms with Gasteiger partial charge in [-0.2, -0.15) is 0 Å². The van der Waals surface area contributed by atoms with E-state index in [0.717, 1.165) is 16.0 Å². The maximum absolute atomic E-state index is 13.7. The smallest absolute Gasteiger partial charge is 0.251 e. The zero-order valence-corrected chi connectivity index (χ0v) is 16.3. The molecule has 2 aliphatic rings. The van der Waals surface area contributed by atoms with Crippen molar-refractivity contribution in [3.05, 3.63) is 95.6 Å². The standard InChI is InChI=1S/C24H19NO2S/c1-16-11-13-19(14-12-16)28-24-15-17-7-5-6-10-20(17)21(24)22(26)25(23(24)27)18-8-3-2-4-9-18/h2-14,21H,15H2,1H3/t21-,24+/m1/s1. The number of hydrogen-bond acceptors (Lipinski definition) is 3. The number of aryl methyl sites for hydroxylation is 1. The molecule has 0 N–H and O–H groups in total. The van der Waals surface area contributed by atoms with E-state index in [1.54, 1.807) is 0 Å². The van der Waals surface area contributed by atoms with Crippen LogP contribution in [0.1, 0.15) is 22.6 Å². The van der Waals surface area contributed by atoms with E-state index in [-0.39, 0.29) is 11.8 Å². The van der Waals surface area contributed by atoms with Gasteiger partial charge in [0.05, 0.1) is 11.6 Å². The topological polar surface area (TPSA) is 37.4 Å². The molecule has 0 saturated carbocycles. The van der Waals surface area contributed by atoms with Gasteiger partial charge in [-0.15, -0.1) is 11.8 Å². The number of rotatable bonds is 3. The van der Waals surface area contributed by atoms with Gasteiger partial charge < -0.3 is 0 Å². The molecule has 1 heterocycles. The van der Waals surface area contributed by atoms with Gasteiger partial charge in [-0.05, 0) is 48.7 Å². The molecule has 138 valence electrons. The highest BCUT2D eigenvalue weighted by atomic mass is 32.2. The van der Waals surface area contributed by atoms with Gasteiger partial charge in [-0.25, -0.2) is 4.90 Å². The van der Waals surface area contributed by atoms with Crippen molar-refractivity contribution in [3.63, 3.8) is 0 Å². The molecule has 0 radical (unpaired) electrons. The van der Waals surface area contributed by atoms with Gasteiger partial charge in [-0.3, -0.25) is 9.59 Å². The minimum absolute atomic E-state index is 0.115. The summed E-state index contributed by atoms with van der Waals surface area (Å²) < 4.78 is -0.828. The summed E-state index contributed by atoms with van der Waals surface area (Å²) in [6.07, 6.45) is 0.570. The van der Waals surface area contributed by atoms with Gasteiger partial charge in [-0.1, -0.05) is 60.2 Å². The Balaban J connectivity index is 1.65. The molecule has 3 aromatic carbocycles. The van der Waals surface area contributed by atoms with Crippen molar-refractivity contribution in [2.75, 3.05) is 4.90 Å². The summed E-state index contributed by atoms with van der Waals surface area (Å²) in [7, 11) is 0. The maximum atomic E-state index is 13.7. The third-order valence-electron chi connectivity index (χ3n) is 5.65. The maximum Gasteiger partial charge on any atom is 0.251 e. The Labute approximate surface area is 168 Å². The molecule has 0 aromatic heterocycles. The average Bonchev–Trinajstić information content (AvgIpc) is 3.14. The molecule has 1 aliphatic carbocycles. The largest absolute Gasteiger partial charge is 0.273 e. The number of fused-ring (bicyclic) bond motifs is 3. The van der Waals surface area contributed by atoms with Crippen LogP contribution in [0.25, 0.3) is 0 Å². The number of carbonyl (C=O) groups is 2. The first kappa shape index (κ1) is 17.3. The molecule has 3 nitrogen and oxygen atoms in total. The van der Waals surface area contributed by atoms with Crippen molar-refractivity contribution in [2.45, 2.75) is 28.9 Å². The van der Waals surface area contributed by atoms with Gasteiger partial charge in [0.15, 0.2) is 0 Å². The number of nitrogens with zero attached hydrogens (tertiary/aromatic N) is 1. The van der Waals surface area contributed by atoms with Crippen molar-refractivity contribution in [2.24, 2.45) is 0 Å². The normalized spacial score (nSPS) is 23.0. The van der Waals surface area contributed by atoms with E-state index in [1.165, 1.54) is 22.2 Å². The zero-order valence-electron chi connectivity index (χ0n) is 15.5. The highest BCUT2D eigenvalue weighted by molar-refractivity contribution is 8.01. The Morgan fingerprint density at radius 2 is 1.57 bits per heavy atom. The van der Waals surface area contributed by atoms with Crippen LogP contribution in [-0.4, -0.2) is 16.6 Å². The van der Waals surface area contributed by atoms with Crippen LogP contribution in [0.3, 0.4) is 0 Å². The first-order chi connectivity index (χ1) is 13.6. The van der Waals surface area contributed by atoms with Crippen molar-refractivity contribution in [1.82, 2.24) is 0 Å². The highest BCUT2D eigenvalue weighted by Gasteiger charge is 2.64. The monoisotopic (exact) mass is 385 g/mol. The molecule has 1 saturated heterocycles. The summed E-state index contributed by atoms with van der Waals surface area (Å²) in [5, 5.41) is 0. The Morgan fingerprint density at radius 1 is 0.893 bits per heavy atom. The molecule has 1 fully saturated rings. The van der Waals surface area contributed by atoms with Gasteiger partial charge in [0.2, 0.25) is 5.91 Å². The average molecular weight is 385 g/mol. The van der Waals surface area contributed by atoms with Crippen molar-refractivity contribution in [1.29, 1.82) is 0 Å². The van der Waals surface area contributed by atoms with Gasteiger partial charge >= 0.3 is 0 Å². The number of hydrogen-bond donors (Lipinski definition) is 0. The molecule has 1 aliphatic heterocycles. The Kier molecular flexibility index (Phi) is 3.91. The fraction of sp³-hybridized carbons (Fsp3) is 0.167. The molecular weight excluding hydrogens is 366 g/mol. The second kappa shape index (κ2) is 6.35. The molecule has 0 bridgehead atoms. The first-order valence-corrected chi connectivity index (χ1v) is 10.2. The summed E-state index contributed by atoms with van der Waals surface area (Å²) in [6.45, 7) is 2.04. The summed E-state index contributed by atoms with van der Waals surface area (Å²) >= 11 is 1.53. The number of para-hydroxylation sites is 1. The summed E-state index contributed by atoms with van der Waals surface area (Å²) in [5.41, 5.74) is 3.90. The molecule has 0 unspecified atom stereocenters. The quantitative estimate of drug-likeness (QED) is 0.611. The molecule has 2 amide bonds. The molecule has 28 heavy (non-hydrogen) atoms. The molecular formula is C24H19NO2S. The summed E-state index contributed by atoms with van der Waals surface area (Å²) in [4.78, 5) is 29.6. The lowest BCUT2D eigenvalue weighted by atomic mass is 9.94. The van der Waals surface area contributed by atoms with Crippen LogP contribution in [0, 0.1) is 6.92 Å². The second-order valence-electron chi connectivity index (χ2n) is 7.43. The lowest BCUT2D eigenvalue weighted by Gasteiger charge is -2.25. The minimum Gasteiger partial charge on any atom is -0.273 e. The Morgan fingerprint density at radius 3 is 2.32 bits per heavy atom. The van der Waals surface area contributed by atoms with Crippen molar-refractivity contribution < 1.29 is 9.59 Å². The van der Waals surface area contributed by atoms with Crippen LogP contribution >= 0.6 is 11.8 Å². The van der Waals surface area contributed by atoms with Crippen LogP contribution in [0.15, 0.2) is 83.8 Å². The van der Waals surface area contributed by atoms with E-state index in [9.17, 15) is 9.59 Å². The zero-order chi connectivity index (χ0) is 19.3. The van der Waals surface area contributed by atoms with Gasteiger partial charge in [0, 0.05) is 4.90 Å². The second-order valence-corrected chi connectivity index (χ2v) is 8.83. The number of benzene rings is 3. The lowest BCUT2D eigenvalue weighted by molar-refractivity contribution is -0.122. The van der Waals surface area contributed by atoms with Crippen molar-refractivity contribution >= 4 is 29.3 Å². The van der Waals surface area contributed by atoms with E-state index < -0.39 is 10.7 Å². The van der Waals surface area contributed by atoms with Gasteiger partial charge in [0.25, 0.3) is 5.91 Å². The predicted molar refractivity (Wildman–Crippen MR) is 112 cm³/mol. The van der Waals surface area contributed by atoms with E-state index in [0.29, 0.717) is 12.1 Å². The summed E-state index contributed by atoms with van der Waals surface area (Å²) in [6, 6.07) is 25.4. The highest BCUT2D eigenvalue weighted by Crippen LogP contribution is 2.57. The molecule has 2 atom stereocenters. The van der Waals surface area contributed by atoms with Crippen LogP contribution in [0.5, 0.6) is 0 Å². The number of amides is 2. The van der Waals surface area contributed by atoms with E-state index >= 15 is 0 Å². The number of imide groups is 1.